The predicted octanol–water partition coefficient (Wildman–Crippen LogP) is 4.67. The monoisotopic (exact) mass is 504 g/mol. The summed E-state index contributed by atoms with van der Waals surface area (Å²) < 4.78 is 65.4. The molecule has 0 atom stereocenters. The highest BCUT2D eigenvalue weighted by molar-refractivity contribution is 7.92. The Morgan fingerprint density at radius 1 is 1.12 bits per heavy atom. The van der Waals surface area contributed by atoms with Crippen LogP contribution < -0.4 is 4.47 Å². The number of carbonyl (C=O) groups excluding carboxylic acids is 1. The Morgan fingerprint density at radius 2 is 1.79 bits per heavy atom. The zero-order valence-electron chi connectivity index (χ0n) is 18.2. The van der Waals surface area contributed by atoms with Crippen molar-refractivity contribution in [3.05, 3.63) is 58.1 Å². The number of carbonyl (C=O) groups is 1. The van der Waals surface area contributed by atoms with Crippen molar-refractivity contribution < 1.29 is 31.2 Å². The van der Waals surface area contributed by atoms with Gasteiger partial charge in [-0.15, -0.1) is 0 Å². The lowest BCUT2D eigenvalue weighted by molar-refractivity contribution is -0.199. The van der Waals surface area contributed by atoms with Gasteiger partial charge in [-0.25, -0.2) is 4.79 Å². The minimum atomic E-state index is -5.38. The van der Waals surface area contributed by atoms with Gasteiger partial charge in [0.1, 0.15) is 0 Å². The Hall–Kier alpha value is -2.30. The molecule has 0 saturated heterocycles. The van der Waals surface area contributed by atoms with Crippen molar-refractivity contribution in [2.75, 3.05) is 24.1 Å². The third-order valence-corrected chi connectivity index (χ3v) is 7.37. The summed E-state index contributed by atoms with van der Waals surface area (Å²) in [5, 5.41) is 0.108. The third-order valence-electron chi connectivity index (χ3n) is 5.39. The van der Waals surface area contributed by atoms with Crippen LogP contribution in [0.4, 0.5) is 18.9 Å². The molecule has 6 nitrogen and oxygen atoms in total. The fourth-order valence-corrected chi connectivity index (χ4v) is 5.11. The van der Waals surface area contributed by atoms with Crippen LogP contribution in [0.3, 0.4) is 0 Å². The zero-order chi connectivity index (χ0) is 24.4. The fraction of sp³-hybridized carbons (Fsp3) is 0.409. The Kier molecular flexibility index (Phi) is 7.60. The minimum absolute atomic E-state index is 0.0266. The standard InChI is InChI=1S/C22H24ClF3N2O4S/c1-3-10-27-11-8-16-5-6-18(13-17(16)9-12-27)28(32-21(29)22(24,25)26)33(30,31)19-7-4-15(2)20(23)14-19/h4-7,13-14H,3,8-12H2,1-2H3. The van der Waals surface area contributed by atoms with E-state index in [1.807, 2.05) is 0 Å². The van der Waals surface area contributed by atoms with Gasteiger partial charge in [0.25, 0.3) is 10.0 Å². The molecular weight excluding hydrogens is 481 g/mol. The predicted molar refractivity (Wildman–Crippen MR) is 119 cm³/mol. The summed E-state index contributed by atoms with van der Waals surface area (Å²) >= 11 is 6.03. The van der Waals surface area contributed by atoms with Crippen molar-refractivity contribution in [3.8, 4) is 0 Å². The first-order chi connectivity index (χ1) is 15.4. The first-order valence-electron chi connectivity index (χ1n) is 10.4. The van der Waals surface area contributed by atoms with Gasteiger partial charge in [0.15, 0.2) is 0 Å². The van der Waals surface area contributed by atoms with E-state index in [-0.39, 0.29) is 15.2 Å². The van der Waals surface area contributed by atoms with Crippen molar-refractivity contribution >= 4 is 33.3 Å². The van der Waals surface area contributed by atoms with Crippen molar-refractivity contribution in [1.82, 2.24) is 4.90 Å². The van der Waals surface area contributed by atoms with Crippen molar-refractivity contribution in [2.45, 2.75) is 44.2 Å². The third kappa shape index (κ3) is 5.80. The molecule has 11 heteroatoms. The molecule has 1 aliphatic rings. The minimum Gasteiger partial charge on any atom is -0.317 e. The summed E-state index contributed by atoms with van der Waals surface area (Å²) in [5.41, 5.74) is 2.13. The van der Waals surface area contributed by atoms with E-state index in [0.717, 1.165) is 49.7 Å². The number of halogens is 4. The van der Waals surface area contributed by atoms with Gasteiger partial charge in [0.05, 0.1) is 10.6 Å². The average Bonchev–Trinajstić information content (AvgIpc) is 2.95. The van der Waals surface area contributed by atoms with E-state index in [1.54, 1.807) is 13.0 Å². The summed E-state index contributed by atoms with van der Waals surface area (Å²) in [7, 11) is -4.71. The normalized spacial score (nSPS) is 15.0. The summed E-state index contributed by atoms with van der Waals surface area (Å²) in [6.07, 6.45) is -3.09. The van der Waals surface area contributed by atoms with Crippen LogP contribution in [-0.4, -0.2) is 45.1 Å². The van der Waals surface area contributed by atoms with Crippen LogP contribution in [0.2, 0.25) is 5.02 Å². The van der Waals surface area contributed by atoms with Crippen LogP contribution in [0.5, 0.6) is 0 Å². The molecule has 0 unspecified atom stereocenters. The highest BCUT2D eigenvalue weighted by Gasteiger charge is 2.45. The SMILES string of the molecule is CCCN1CCc2ccc(N(OC(=O)C(F)(F)F)S(=O)(=O)c3ccc(C)c(Cl)c3)cc2CC1. The molecule has 0 spiro atoms. The van der Waals surface area contributed by atoms with E-state index in [9.17, 15) is 26.4 Å². The largest absolute Gasteiger partial charge is 0.493 e. The molecule has 0 fully saturated rings. The van der Waals surface area contributed by atoms with Crippen LogP contribution in [0, 0.1) is 6.92 Å². The highest BCUT2D eigenvalue weighted by Crippen LogP contribution is 2.31. The van der Waals surface area contributed by atoms with E-state index >= 15 is 0 Å². The van der Waals surface area contributed by atoms with E-state index < -0.39 is 27.1 Å². The molecule has 0 aromatic heterocycles. The molecule has 0 N–H and O–H groups in total. The molecule has 2 aromatic carbocycles. The molecule has 0 amide bonds. The number of hydrogen-bond acceptors (Lipinski definition) is 5. The van der Waals surface area contributed by atoms with Gasteiger partial charge >= 0.3 is 12.1 Å². The Morgan fingerprint density at radius 3 is 2.39 bits per heavy atom. The Labute approximate surface area is 195 Å². The number of alkyl halides is 3. The quantitative estimate of drug-likeness (QED) is 0.535. The second-order valence-electron chi connectivity index (χ2n) is 7.81. The second-order valence-corrected chi connectivity index (χ2v) is 9.97. The van der Waals surface area contributed by atoms with Gasteiger partial charge in [-0.1, -0.05) is 35.1 Å². The van der Waals surface area contributed by atoms with E-state index in [4.69, 9.17) is 11.6 Å². The van der Waals surface area contributed by atoms with Gasteiger partial charge < -0.3 is 9.74 Å². The van der Waals surface area contributed by atoms with Gasteiger partial charge in [0.2, 0.25) is 0 Å². The van der Waals surface area contributed by atoms with Crippen LogP contribution >= 0.6 is 11.6 Å². The van der Waals surface area contributed by atoms with E-state index in [1.165, 1.54) is 24.3 Å². The van der Waals surface area contributed by atoms with Gasteiger partial charge in [-0.2, -0.15) is 21.6 Å². The number of fused-ring (bicyclic) bond motifs is 1. The first kappa shape index (κ1) is 25.3. The molecule has 3 rings (SSSR count). The number of aryl methyl sites for hydroxylation is 1. The molecule has 0 saturated carbocycles. The molecule has 0 aliphatic carbocycles. The molecular formula is C22H24ClF3N2O4S. The number of anilines is 1. The van der Waals surface area contributed by atoms with Gasteiger partial charge in [-0.3, -0.25) is 0 Å². The molecule has 1 aliphatic heterocycles. The smallest absolute Gasteiger partial charge is 0.317 e. The molecule has 0 radical (unpaired) electrons. The molecule has 180 valence electrons. The second kappa shape index (κ2) is 9.90. The summed E-state index contributed by atoms with van der Waals surface area (Å²) in [6.45, 7) is 6.19. The maximum absolute atomic E-state index is 13.2. The molecule has 2 aromatic rings. The van der Waals surface area contributed by atoms with Crippen LogP contribution in [0.1, 0.15) is 30.0 Å². The number of rotatable bonds is 6. The molecule has 1 heterocycles. The van der Waals surface area contributed by atoms with E-state index in [0.29, 0.717) is 12.0 Å². The summed E-state index contributed by atoms with van der Waals surface area (Å²) in [4.78, 5) is 17.9. The topological polar surface area (TPSA) is 66.9 Å². The van der Waals surface area contributed by atoms with Crippen molar-refractivity contribution in [2.24, 2.45) is 0 Å². The van der Waals surface area contributed by atoms with Crippen LogP contribution in [0.25, 0.3) is 0 Å². The fourth-order valence-electron chi connectivity index (χ4n) is 3.61. The average molecular weight is 505 g/mol. The summed E-state index contributed by atoms with van der Waals surface area (Å²) in [6, 6.07) is 8.17. The summed E-state index contributed by atoms with van der Waals surface area (Å²) in [5.74, 6) is -2.65. The molecule has 33 heavy (non-hydrogen) atoms. The maximum atomic E-state index is 13.2. The van der Waals surface area contributed by atoms with Crippen molar-refractivity contribution in [3.63, 3.8) is 0 Å². The molecule has 0 bridgehead atoms. The Balaban J connectivity index is 2.04. The lowest BCUT2D eigenvalue weighted by atomic mass is 10.0. The first-order valence-corrected chi connectivity index (χ1v) is 12.2. The van der Waals surface area contributed by atoms with E-state index in [2.05, 4.69) is 16.7 Å². The lowest BCUT2D eigenvalue weighted by Crippen LogP contribution is -2.38. The maximum Gasteiger partial charge on any atom is 0.493 e. The number of nitrogens with zero attached hydrogens (tertiary/aromatic N) is 2. The lowest BCUT2D eigenvalue weighted by Gasteiger charge is -2.24. The van der Waals surface area contributed by atoms with Gasteiger partial charge in [-0.05, 0) is 73.7 Å². The number of benzene rings is 2. The zero-order valence-corrected chi connectivity index (χ0v) is 19.7. The highest BCUT2D eigenvalue weighted by atomic mass is 35.5. The van der Waals surface area contributed by atoms with Crippen LogP contribution in [-0.2, 0) is 32.5 Å². The number of sulfonamides is 1. The van der Waals surface area contributed by atoms with Gasteiger partial charge in [0, 0.05) is 18.1 Å². The van der Waals surface area contributed by atoms with Crippen LogP contribution in [0.15, 0.2) is 41.3 Å². The van der Waals surface area contributed by atoms with Crippen molar-refractivity contribution in [1.29, 1.82) is 0 Å². The number of hydrogen-bond donors (Lipinski definition) is 0. The Bertz CT molecular complexity index is 1140.